The highest BCUT2D eigenvalue weighted by Gasteiger charge is 2.16. The van der Waals surface area contributed by atoms with Gasteiger partial charge in [0.05, 0.1) is 18.0 Å². The van der Waals surface area contributed by atoms with Crippen LogP contribution in [0.25, 0.3) is 0 Å². The molecule has 3 heteroatoms. The molecular formula is C11H16N2O. The van der Waals surface area contributed by atoms with Crippen molar-refractivity contribution in [3.63, 3.8) is 0 Å². The highest BCUT2D eigenvalue weighted by molar-refractivity contribution is 5.75. The Labute approximate surface area is 84.4 Å². The maximum Gasteiger partial charge on any atom is 0.0633 e. The van der Waals surface area contributed by atoms with E-state index >= 15 is 0 Å². The summed E-state index contributed by atoms with van der Waals surface area (Å²) in [6, 6.07) is 6.26. The van der Waals surface area contributed by atoms with Crippen molar-refractivity contribution in [2.24, 2.45) is 0 Å². The van der Waals surface area contributed by atoms with E-state index in [2.05, 4.69) is 35.3 Å². The molecule has 0 spiro atoms. The van der Waals surface area contributed by atoms with Crippen molar-refractivity contribution in [1.29, 1.82) is 0 Å². The molecule has 0 aliphatic carbocycles. The zero-order chi connectivity index (χ0) is 9.97. The van der Waals surface area contributed by atoms with Crippen molar-refractivity contribution in [3.8, 4) is 0 Å². The average Bonchev–Trinajstić information content (AvgIpc) is 2.19. The minimum absolute atomic E-state index is 0.216. The van der Waals surface area contributed by atoms with Crippen molar-refractivity contribution < 1.29 is 5.11 Å². The number of hydrogen-bond donors (Lipinski definition) is 2. The summed E-state index contributed by atoms with van der Waals surface area (Å²) in [5.74, 6) is 0. The fourth-order valence-corrected chi connectivity index (χ4v) is 2.00. The van der Waals surface area contributed by atoms with Crippen LogP contribution in [-0.4, -0.2) is 31.3 Å². The summed E-state index contributed by atoms with van der Waals surface area (Å²) >= 11 is 0. The lowest BCUT2D eigenvalue weighted by Crippen LogP contribution is -2.36. The van der Waals surface area contributed by atoms with E-state index < -0.39 is 0 Å². The number of benzene rings is 1. The normalized spacial score (nSPS) is 14.9. The van der Waals surface area contributed by atoms with Crippen molar-refractivity contribution >= 4 is 11.4 Å². The number of nitrogens with zero attached hydrogens (tertiary/aromatic N) is 1. The Kier molecular flexibility index (Phi) is 2.59. The standard InChI is InChI=1S/C11H16N2O/c1-9-3-2-4-10-11(9)13(7-8-14)6-5-12-10/h2-4,12,14H,5-8H2,1H3. The molecule has 0 radical (unpaired) electrons. The van der Waals surface area contributed by atoms with Crippen LogP contribution in [0.1, 0.15) is 5.56 Å². The van der Waals surface area contributed by atoms with Crippen molar-refractivity contribution in [3.05, 3.63) is 23.8 Å². The Bertz CT molecular complexity index is 325. The van der Waals surface area contributed by atoms with Gasteiger partial charge in [0.25, 0.3) is 0 Å². The van der Waals surface area contributed by atoms with E-state index in [0.29, 0.717) is 0 Å². The van der Waals surface area contributed by atoms with E-state index in [1.165, 1.54) is 16.9 Å². The largest absolute Gasteiger partial charge is 0.395 e. The first-order valence-electron chi connectivity index (χ1n) is 5.02. The lowest BCUT2D eigenvalue weighted by molar-refractivity contribution is 0.302. The molecule has 0 fully saturated rings. The van der Waals surface area contributed by atoms with E-state index in [4.69, 9.17) is 5.11 Å². The Morgan fingerprint density at radius 1 is 1.50 bits per heavy atom. The molecule has 76 valence electrons. The van der Waals surface area contributed by atoms with Gasteiger partial charge in [-0.2, -0.15) is 0 Å². The highest BCUT2D eigenvalue weighted by atomic mass is 16.3. The number of aliphatic hydroxyl groups is 1. The van der Waals surface area contributed by atoms with Gasteiger partial charge in [0.1, 0.15) is 0 Å². The minimum Gasteiger partial charge on any atom is -0.395 e. The second-order valence-corrected chi connectivity index (χ2v) is 3.61. The van der Waals surface area contributed by atoms with Gasteiger partial charge < -0.3 is 15.3 Å². The molecule has 0 bridgehead atoms. The molecular weight excluding hydrogens is 176 g/mol. The van der Waals surface area contributed by atoms with Crippen LogP contribution in [0.15, 0.2) is 18.2 Å². The van der Waals surface area contributed by atoms with Gasteiger partial charge in [0, 0.05) is 19.6 Å². The molecule has 2 rings (SSSR count). The summed E-state index contributed by atoms with van der Waals surface area (Å²) in [5, 5.41) is 12.3. The lowest BCUT2D eigenvalue weighted by Gasteiger charge is -2.32. The van der Waals surface area contributed by atoms with E-state index in [1.54, 1.807) is 0 Å². The summed E-state index contributed by atoms with van der Waals surface area (Å²) in [6.45, 7) is 4.97. The maximum absolute atomic E-state index is 8.97. The number of aryl methyl sites for hydroxylation is 1. The summed E-state index contributed by atoms with van der Waals surface area (Å²) in [5.41, 5.74) is 3.70. The highest BCUT2D eigenvalue weighted by Crippen LogP contribution is 2.31. The third kappa shape index (κ3) is 1.55. The van der Waals surface area contributed by atoms with E-state index in [1.807, 2.05) is 0 Å². The van der Waals surface area contributed by atoms with E-state index in [9.17, 15) is 0 Å². The molecule has 1 aromatic rings. The quantitative estimate of drug-likeness (QED) is 0.739. The Morgan fingerprint density at radius 3 is 3.14 bits per heavy atom. The Hall–Kier alpha value is -1.22. The summed E-state index contributed by atoms with van der Waals surface area (Å²) < 4.78 is 0. The molecule has 1 aromatic carbocycles. The van der Waals surface area contributed by atoms with E-state index in [0.717, 1.165) is 19.6 Å². The summed E-state index contributed by atoms with van der Waals surface area (Å²) in [6.07, 6.45) is 0. The summed E-state index contributed by atoms with van der Waals surface area (Å²) in [4.78, 5) is 2.24. The molecule has 14 heavy (non-hydrogen) atoms. The maximum atomic E-state index is 8.97. The van der Waals surface area contributed by atoms with E-state index in [-0.39, 0.29) is 6.61 Å². The lowest BCUT2D eigenvalue weighted by atomic mass is 10.1. The van der Waals surface area contributed by atoms with Gasteiger partial charge in [-0.15, -0.1) is 0 Å². The second-order valence-electron chi connectivity index (χ2n) is 3.61. The van der Waals surface area contributed by atoms with Crippen LogP contribution in [-0.2, 0) is 0 Å². The molecule has 0 unspecified atom stereocenters. The molecule has 3 nitrogen and oxygen atoms in total. The number of anilines is 2. The van der Waals surface area contributed by atoms with Gasteiger partial charge in [0.2, 0.25) is 0 Å². The Balaban J connectivity index is 2.36. The van der Waals surface area contributed by atoms with Gasteiger partial charge >= 0.3 is 0 Å². The third-order valence-corrected chi connectivity index (χ3v) is 2.62. The van der Waals surface area contributed by atoms with Gasteiger partial charge in [-0.25, -0.2) is 0 Å². The van der Waals surface area contributed by atoms with Crippen LogP contribution in [0, 0.1) is 6.92 Å². The minimum atomic E-state index is 0.216. The first kappa shape index (κ1) is 9.34. The number of hydrogen-bond acceptors (Lipinski definition) is 3. The average molecular weight is 192 g/mol. The van der Waals surface area contributed by atoms with Crippen LogP contribution < -0.4 is 10.2 Å². The van der Waals surface area contributed by atoms with Crippen LogP contribution >= 0.6 is 0 Å². The van der Waals surface area contributed by atoms with Crippen molar-refractivity contribution in [2.75, 3.05) is 36.5 Å². The molecule has 0 saturated heterocycles. The smallest absolute Gasteiger partial charge is 0.0633 e. The molecule has 0 aromatic heterocycles. The van der Waals surface area contributed by atoms with Crippen LogP contribution in [0.2, 0.25) is 0 Å². The number of fused-ring (bicyclic) bond motifs is 1. The van der Waals surface area contributed by atoms with Crippen LogP contribution in [0.3, 0.4) is 0 Å². The monoisotopic (exact) mass is 192 g/mol. The van der Waals surface area contributed by atoms with Crippen LogP contribution in [0.5, 0.6) is 0 Å². The fourth-order valence-electron chi connectivity index (χ4n) is 2.00. The van der Waals surface area contributed by atoms with Gasteiger partial charge in [0.15, 0.2) is 0 Å². The summed E-state index contributed by atoms with van der Waals surface area (Å²) in [7, 11) is 0. The SMILES string of the molecule is Cc1cccc2c1N(CCO)CCN2. The second kappa shape index (κ2) is 3.88. The zero-order valence-electron chi connectivity index (χ0n) is 8.45. The Morgan fingerprint density at radius 2 is 2.36 bits per heavy atom. The zero-order valence-corrected chi connectivity index (χ0v) is 8.45. The molecule has 0 atom stereocenters. The molecule has 0 saturated carbocycles. The van der Waals surface area contributed by atoms with Crippen LogP contribution in [0.4, 0.5) is 11.4 Å². The first-order valence-corrected chi connectivity index (χ1v) is 5.02. The fraction of sp³-hybridized carbons (Fsp3) is 0.455. The number of rotatable bonds is 2. The van der Waals surface area contributed by atoms with Gasteiger partial charge in [-0.05, 0) is 18.6 Å². The van der Waals surface area contributed by atoms with Gasteiger partial charge in [-0.3, -0.25) is 0 Å². The molecule has 1 aliphatic rings. The van der Waals surface area contributed by atoms with Crippen molar-refractivity contribution in [1.82, 2.24) is 0 Å². The number of β-amino-alcohol motifs (C(OH)–C–C–N with tert-alkyl or cyclic N) is 1. The number of nitrogens with one attached hydrogen (secondary N) is 1. The molecule has 2 N–H and O–H groups in total. The molecule has 0 amide bonds. The number of para-hydroxylation sites is 1. The molecule has 1 aliphatic heterocycles. The third-order valence-electron chi connectivity index (χ3n) is 2.62. The van der Waals surface area contributed by atoms with Crippen molar-refractivity contribution in [2.45, 2.75) is 6.92 Å². The first-order chi connectivity index (χ1) is 6.83. The number of aliphatic hydroxyl groups excluding tert-OH is 1. The van der Waals surface area contributed by atoms with Gasteiger partial charge in [-0.1, -0.05) is 12.1 Å². The molecule has 1 heterocycles. The predicted molar refractivity (Wildman–Crippen MR) is 59.0 cm³/mol. The topological polar surface area (TPSA) is 35.5 Å². The predicted octanol–water partition coefficient (Wildman–Crippen LogP) is 1.22.